The Labute approximate surface area is 122 Å². The fraction of sp³-hybridized carbons (Fsp3) is 0.267. The van der Waals surface area contributed by atoms with Gasteiger partial charge in [0.2, 0.25) is 0 Å². The van der Waals surface area contributed by atoms with Crippen LogP contribution in [-0.4, -0.2) is 39.7 Å². The number of aryl methyl sites for hydroxylation is 1. The van der Waals surface area contributed by atoms with Gasteiger partial charge in [0.15, 0.2) is 5.65 Å². The van der Waals surface area contributed by atoms with Gasteiger partial charge in [0.1, 0.15) is 0 Å². The van der Waals surface area contributed by atoms with Crippen LogP contribution in [0.2, 0.25) is 0 Å². The number of nitrogens with one attached hydrogen (secondary N) is 1. The summed E-state index contributed by atoms with van der Waals surface area (Å²) in [5.74, 6) is 0. The number of pyridine rings is 2. The molecule has 21 heavy (non-hydrogen) atoms. The first-order chi connectivity index (χ1) is 10.3. The molecule has 0 bridgehead atoms. The van der Waals surface area contributed by atoms with E-state index < -0.39 is 0 Å². The van der Waals surface area contributed by atoms with Crippen LogP contribution in [0.3, 0.4) is 0 Å². The number of rotatable bonds is 2. The molecule has 0 amide bonds. The van der Waals surface area contributed by atoms with E-state index in [2.05, 4.69) is 48.8 Å². The van der Waals surface area contributed by atoms with Crippen molar-refractivity contribution in [1.82, 2.24) is 19.9 Å². The Balaban J connectivity index is 1.59. The lowest BCUT2D eigenvalue weighted by Crippen LogP contribution is -2.25. The molecule has 1 aliphatic rings. The van der Waals surface area contributed by atoms with E-state index in [-0.39, 0.29) is 0 Å². The van der Waals surface area contributed by atoms with Crippen LogP contribution < -0.4 is 9.80 Å². The van der Waals surface area contributed by atoms with E-state index in [4.69, 9.17) is 0 Å². The van der Waals surface area contributed by atoms with Crippen LogP contribution >= 0.6 is 0 Å². The highest BCUT2D eigenvalue weighted by Crippen LogP contribution is 2.25. The smallest absolute Gasteiger partial charge is 0.177 e. The number of hydrogen-bond acceptors (Lipinski definition) is 5. The number of imidazole rings is 1. The van der Waals surface area contributed by atoms with Gasteiger partial charge in [-0.2, -0.15) is 0 Å². The molecule has 0 aliphatic carbocycles. The van der Waals surface area contributed by atoms with Crippen LogP contribution in [0.1, 0.15) is 5.56 Å². The Kier molecular flexibility index (Phi) is 2.73. The molecule has 1 fully saturated rings. The molecule has 0 atom stereocenters. The van der Waals surface area contributed by atoms with Gasteiger partial charge < -0.3 is 14.8 Å². The third-order valence-electron chi connectivity index (χ3n) is 3.96. The van der Waals surface area contributed by atoms with E-state index in [1.165, 1.54) is 11.3 Å². The minimum atomic E-state index is 0.762. The van der Waals surface area contributed by atoms with E-state index >= 15 is 0 Å². The lowest BCUT2D eigenvalue weighted by Gasteiger charge is -2.22. The van der Waals surface area contributed by atoms with Gasteiger partial charge in [-0.1, -0.05) is 0 Å². The summed E-state index contributed by atoms with van der Waals surface area (Å²) in [6.45, 7) is 4.95. The minimum absolute atomic E-state index is 0.762. The Morgan fingerprint density at radius 3 is 2.95 bits per heavy atom. The molecule has 1 aliphatic heterocycles. The molecule has 0 radical (unpaired) electrons. The first-order valence-electron chi connectivity index (χ1n) is 7.01. The summed E-state index contributed by atoms with van der Waals surface area (Å²) in [5.41, 5.74) is 5.32. The first kappa shape index (κ1) is 12.1. The highest BCUT2D eigenvalue weighted by molar-refractivity contribution is 5.74. The van der Waals surface area contributed by atoms with E-state index in [9.17, 15) is 0 Å². The van der Waals surface area contributed by atoms with Crippen LogP contribution in [0.25, 0.3) is 11.2 Å². The topological polar surface area (TPSA) is 60.9 Å². The molecule has 0 spiro atoms. The van der Waals surface area contributed by atoms with Gasteiger partial charge in [-0.25, -0.2) is 9.97 Å². The van der Waals surface area contributed by atoms with Gasteiger partial charge in [0.25, 0.3) is 0 Å². The Bertz CT molecular complexity index is 780. The molecule has 6 nitrogen and oxygen atoms in total. The average Bonchev–Trinajstić information content (AvgIpc) is 3.16. The average molecular weight is 280 g/mol. The second-order valence-corrected chi connectivity index (χ2v) is 5.30. The van der Waals surface area contributed by atoms with Gasteiger partial charge in [-0.3, -0.25) is 4.98 Å². The Morgan fingerprint density at radius 1 is 1.14 bits per heavy atom. The quantitative estimate of drug-likeness (QED) is 0.777. The van der Waals surface area contributed by atoms with Crippen LogP contribution in [-0.2, 0) is 0 Å². The fourth-order valence-corrected chi connectivity index (χ4v) is 2.77. The van der Waals surface area contributed by atoms with Crippen molar-refractivity contribution in [3.63, 3.8) is 0 Å². The van der Waals surface area contributed by atoms with Gasteiger partial charge in [0.05, 0.1) is 42.3 Å². The third-order valence-corrected chi connectivity index (χ3v) is 3.96. The summed E-state index contributed by atoms with van der Waals surface area (Å²) in [6, 6.07) is 4.16. The SMILES string of the molecule is Cc1ccncc1N1CCN(c2cnc3nc[nH]c3c2)C1. The lowest BCUT2D eigenvalue weighted by atomic mass is 10.2. The summed E-state index contributed by atoms with van der Waals surface area (Å²) < 4.78 is 0. The highest BCUT2D eigenvalue weighted by atomic mass is 15.4. The monoisotopic (exact) mass is 280 g/mol. The zero-order valence-electron chi connectivity index (χ0n) is 11.8. The summed E-state index contributed by atoms with van der Waals surface area (Å²) >= 11 is 0. The maximum Gasteiger partial charge on any atom is 0.177 e. The number of hydrogen-bond donors (Lipinski definition) is 1. The lowest BCUT2D eigenvalue weighted by molar-refractivity contribution is 0.937. The van der Waals surface area contributed by atoms with Crippen molar-refractivity contribution in [3.8, 4) is 0 Å². The van der Waals surface area contributed by atoms with E-state index in [1.54, 1.807) is 6.33 Å². The Morgan fingerprint density at radius 2 is 2.05 bits per heavy atom. The van der Waals surface area contributed by atoms with Gasteiger partial charge in [0, 0.05) is 19.3 Å². The predicted molar refractivity (Wildman–Crippen MR) is 82.4 cm³/mol. The molecular formula is C15H16N6. The van der Waals surface area contributed by atoms with Crippen molar-refractivity contribution >= 4 is 22.5 Å². The van der Waals surface area contributed by atoms with Gasteiger partial charge >= 0.3 is 0 Å². The summed E-state index contributed by atoms with van der Waals surface area (Å²) in [5, 5.41) is 0. The molecule has 0 saturated carbocycles. The molecular weight excluding hydrogens is 264 g/mol. The van der Waals surface area contributed by atoms with Crippen LogP contribution in [0.15, 0.2) is 37.1 Å². The second kappa shape index (κ2) is 4.73. The number of H-pyrrole nitrogens is 1. The van der Waals surface area contributed by atoms with Gasteiger partial charge in [-0.05, 0) is 24.6 Å². The fourth-order valence-electron chi connectivity index (χ4n) is 2.77. The molecule has 1 saturated heterocycles. The predicted octanol–water partition coefficient (Wildman–Crippen LogP) is 1.95. The molecule has 3 aromatic rings. The van der Waals surface area contributed by atoms with Crippen LogP contribution in [0.5, 0.6) is 0 Å². The summed E-state index contributed by atoms with van der Waals surface area (Å²) in [7, 11) is 0. The molecule has 0 aromatic carbocycles. The third kappa shape index (κ3) is 2.08. The van der Waals surface area contributed by atoms with Crippen molar-refractivity contribution in [2.75, 3.05) is 29.6 Å². The van der Waals surface area contributed by atoms with Crippen molar-refractivity contribution in [3.05, 3.63) is 42.6 Å². The molecule has 0 unspecified atom stereocenters. The minimum Gasteiger partial charge on any atom is -0.351 e. The number of aromatic nitrogens is 4. The summed E-state index contributed by atoms with van der Waals surface area (Å²) in [6.07, 6.45) is 7.34. The maximum absolute atomic E-state index is 4.39. The van der Waals surface area contributed by atoms with Crippen LogP contribution in [0.4, 0.5) is 11.4 Å². The van der Waals surface area contributed by atoms with Crippen molar-refractivity contribution in [2.45, 2.75) is 6.92 Å². The standard InChI is InChI=1S/C15H16N6/c1-11-2-3-16-8-14(11)21-5-4-20(10-21)12-6-13-15(17-7-12)19-9-18-13/h2-3,6-9H,4-5,10H2,1H3,(H,17,18,19). The highest BCUT2D eigenvalue weighted by Gasteiger charge is 2.22. The molecule has 1 N–H and O–H groups in total. The normalized spacial score (nSPS) is 15.1. The first-order valence-corrected chi connectivity index (χ1v) is 7.01. The molecule has 6 heteroatoms. The zero-order chi connectivity index (χ0) is 14.2. The Hall–Kier alpha value is -2.63. The van der Waals surface area contributed by atoms with E-state index in [0.717, 1.165) is 36.6 Å². The number of anilines is 2. The number of fused-ring (bicyclic) bond motifs is 1. The molecule has 4 rings (SSSR count). The van der Waals surface area contributed by atoms with E-state index in [0.29, 0.717) is 0 Å². The van der Waals surface area contributed by atoms with Crippen molar-refractivity contribution in [1.29, 1.82) is 0 Å². The molecule has 3 aromatic heterocycles. The van der Waals surface area contributed by atoms with Crippen molar-refractivity contribution < 1.29 is 0 Å². The molecule has 106 valence electrons. The van der Waals surface area contributed by atoms with Gasteiger partial charge in [-0.15, -0.1) is 0 Å². The van der Waals surface area contributed by atoms with Crippen molar-refractivity contribution in [2.24, 2.45) is 0 Å². The second-order valence-electron chi connectivity index (χ2n) is 5.30. The number of aromatic amines is 1. The zero-order valence-corrected chi connectivity index (χ0v) is 11.8. The largest absolute Gasteiger partial charge is 0.351 e. The number of nitrogens with zero attached hydrogens (tertiary/aromatic N) is 5. The molecule has 4 heterocycles. The maximum atomic E-state index is 4.39. The van der Waals surface area contributed by atoms with Crippen LogP contribution in [0, 0.1) is 6.92 Å². The summed E-state index contributed by atoms with van der Waals surface area (Å²) in [4.78, 5) is 20.6. The van der Waals surface area contributed by atoms with E-state index in [1.807, 2.05) is 18.6 Å².